The van der Waals surface area contributed by atoms with Crippen molar-refractivity contribution in [2.45, 2.75) is 11.5 Å². The summed E-state index contributed by atoms with van der Waals surface area (Å²) in [7, 11) is 0. The first-order chi connectivity index (χ1) is 9.22. The van der Waals surface area contributed by atoms with E-state index in [4.69, 9.17) is 15.0 Å². The summed E-state index contributed by atoms with van der Waals surface area (Å²) >= 11 is 1.67. The second-order valence-electron chi connectivity index (χ2n) is 3.70. The van der Waals surface area contributed by atoms with Crippen molar-refractivity contribution in [2.24, 2.45) is 5.84 Å². The minimum Gasteiger partial charge on any atom is -0.486 e. The summed E-state index contributed by atoms with van der Waals surface area (Å²) in [6, 6.07) is 11.0. The van der Waals surface area contributed by atoms with Crippen LogP contribution >= 0.6 is 11.8 Å². The summed E-state index contributed by atoms with van der Waals surface area (Å²) in [5.74, 6) is 6.03. The first kappa shape index (κ1) is 13.5. The molecule has 0 unspecified atom stereocenters. The van der Waals surface area contributed by atoms with Crippen LogP contribution in [0.5, 0.6) is 5.75 Å². The van der Waals surface area contributed by atoms with Gasteiger partial charge in [-0.1, -0.05) is 0 Å². The van der Waals surface area contributed by atoms with Crippen LogP contribution in [0, 0.1) is 0 Å². The molecule has 6 heteroatoms. The fourth-order valence-corrected chi connectivity index (χ4v) is 1.88. The summed E-state index contributed by atoms with van der Waals surface area (Å²) in [6.45, 7) is 0.260. The smallest absolute Gasteiger partial charge is 0.300 e. The lowest BCUT2D eigenvalue weighted by Crippen LogP contribution is -2.29. The lowest BCUT2D eigenvalue weighted by Gasteiger charge is -2.04. The maximum absolute atomic E-state index is 11.2. The monoisotopic (exact) mass is 278 g/mol. The molecule has 2 aromatic rings. The van der Waals surface area contributed by atoms with Gasteiger partial charge in [-0.3, -0.25) is 10.2 Å². The molecule has 1 amide bonds. The van der Waals surface area contributed by atoms with Crippen LogP contribution in [-0.4, -0.2) is 12.2 Å². The number of nitrogen functional groups attached to an aromatic ring is 1. The third kappa shape index (κ3) is 3.52. The van der Waals surface area contributed by atoms with Crippen LogP contribution < -0.4 is 16.0 Å². The average molecular weight is 278 g/mol. The molecule has 0 atom stereocenters. The molecular formula is C13H14N2O3S. The number of amides is 1. The van der Waals surface area contributed by atoms with Gasteiger partial charge in [0.15, 0.2) is 5.76 Å². The topological polar surface area (TPSA) is 77.5 Å². The number of nitrogens with one attached hydrogen (secondary N) is 1. The average Bonchev–Trinajstić information content (AvgIpc) is 2.93. The van der Waals surface area contributed by atoms with E-state index in [1.54, 1.807) is 23.9 Å². The first-order valence-electron chi connectivity index (χ1n) is 5.59. The highest BCUT2D eigenvalue weighted by atomic mass is 32.2. The van der Waals surface area contributed by atoms with E-state index in [9.17, 15) is 4.79 Å². The molecule has 100 valence electrons. The Kier molecular flexibility index (Phi) is 4.48. The zero-order chi connectivity index (χ0) is 13.7. The molecular weight excluding hydrogens is 264 g/mol. The van der Waals surface area contributed by atoms with E-state index in [1.165, 1.54) is 4.90 Å². The van der Waals surface area contributed by atoms with Crippen molar-refractivity contribution in [1.29, 1.82) is 0 Å². The number of ether oxygens (including phenoxy) is 1. The molecule has 0 saturated heterocycles. The van der Waals surface area contributed by atoms with Gasteiger partial charge in [0, 0.05) is 4.90 Å². The molecule has 0 fully saturated rings. The Hall–Kier alpha value is -1.92. The van der Waals surface area contributed by atoms with E-state index in [-0.39, 0.29) is 12.4 Å². The van der Waals surface area contributed by atoms with E-state index in [1.807, 2.05) is 35.9 Å². The van der Waals surface area contributed by atoms with Crippen LogP contribution in [0.1, 0.15) is 16.3 Å². The fraction of sp³-hybridized carbons (Fsp3) is 0.154. The molecule has 3 N–H and O–H groups in total. The second kappa shape index (κ2) is 6.31. The van der Waals surface area contributed by atoms with Gasteiger partial charge in [-0.25, -0.2) is 5.84 Å². The molecule has 1 heterocycles. The highest BCUT2D eigenvalue weighted by Gasteiger charge is 2.09. The van der Waals surface area contributed by atoms with Crippen LogP contribution in [0.2, 0.25) is 0 Å². The zero-order valence-electron chi connectivity index (χ0n) is 10.4. The lowest BCUT2D eigenvalue weighted by atomic mass is 10.3. The van der Waals surface area contributed by atoms with Crippen LogP contribution in [0.3, 0.4) is 0 Å². The number of furan rings is 1. The van der Waals surface area contributed by atoms with Crippen molar-refractivity contribution in [3.63, 3.8) is 0 Å². The Morgan fingerprint density at radius 2 is 2.05 bits per heavy atom. The second-order valence-corrected chi connectivity index (χ2v) is 4.58. The van der Waals surface area contributed by atoms with Crippen molar-refractivity contribution >= 4 is 17.7 Å². The zero-order valence-corrected chi connectivity index (χ0v) is 11.2. The Labute approximate surface area is 115 Å². The number of hydrogen-bond donors (Lipinski definition) is 2. The van der Waals surface area contributed by atoms with Gasteiger partial charge >= 0.3 is 5.91 Å². The molecule has 5 nitrogen and oxygen atoms in total. The highest BCUT2D eigenvalue weighted by Crippen LogP contribution is 2.20. The van der Waals surface area contributed by atoms with Gasteiger partial charge < -0.3 is 9.15 Å². The van der Waals surface area contributed by atoms with Crippen molar-refractivity contribution in [3.05, 3.63) is 47.9 Å². The molecule has 0 saturated carbocycles. The number of nitrogens with two attached hydrogens (primary N) is 1. The number of benzene rings is 1. The van der Waals surface area contributed by atoms with Crippen molar-refractivity contribution in [3.8, 4) is 5.75 Å². The molecule has 19 heavy (non-hydrogen) atoms. The number of carbonyl (C=O) groups is 1. The number of thioether (sulfide) groups is 1. The highest BCUT2D eigenvalue weighted by molar-refractivity contribution is 7.98. The maximum atomic E-state index is 11.2. The van der Waals surface area contributed by atoms with Crippen molar-refractivity contribution in [2.75, 3.05) is 6.26 Å². The predicted octanol–water partition coefficient (Wildman–Crippen LogP) is 2.18. The Bertz CT molecular complexity index is 551. The van der Waals surface area contributed by atoms with Gasteiger partial charge in [-0.2, -0.15) is 0 Å². The minimum atomic E-state index is -0.462. The fourth-order valence-electron chi connectivity index (χ4n) is 1.48. The van der Waals surface area contributed by atoms with Gasteiger partial charge in [-0.05, 0) is 42.7 Å². The summed E-state index contributed by atoms with van der Waals surface area (Å²) in [4.78, 5) is 12.4. The van der Waals surface area contributed by atoms with E-state index in [0.717, 1.165) is 5.75 Å². The van der Waals surface area contributed by atoms with E-state index in [2.05, 4.69) is 0 Å². The molecule has 0 aliphatic heterocycles. The number of carbonyl (C=O) groups excluding carboxylic acids is 1. The van der Waals surface area contributed by atoms with Crippen molar-refractivity contribution < 1.29 is 13.9 Å². The summed E-state index contributed by atoms with van der Waals surface area (Å²) in [6.07, 6.45) is 2.02. The summed E-state index contributed by atoms with van der Waals surface area (Å²) < 4.78 is 10.8. The third-order valence-electron chi connectivity index (χ3n) is 2.46. The van der Waals surface area contributed by atoms with Gasteiger partial charge in [0.1, 0.15) is 18.1 Å². The molecule has 0 radical (unpaired) electrons. The number of hydrogen-bond acceptors (Lipinski definition) is 5. The molecule has 0 spiro atoms. The quantitative estimate of drug-likeness (QED) is 0.379. The standard InChI is InChI=1S/C13H14N2O3S/c1-19-11-5-2-9(3-6-11)17-8-10-4-7-12(18-10)13(16)15-14/h2-7H,8,14H2,1H3,(H,15,16). The third-order valence-corrected chi connectivity index (χ3v) is 3.20. The van der Waals surface area contributed by atoms with Gasteiger partial charge in [-0.15, -0.1) is 11.8 Å². The van der Waals surface area contributed by atoms with Crippen LogP contribution in [0.25, 0.3) is 0 Å². The van der Waals surface area contributed by atoms with E-state index < -0.39 is 5.91 Å². The normalized spacial score (nSPS) is 10.2. The molecule has 1 aromatic carbocycles. The molecule has 0 aliphatic carbocycles. The first-order valence-corrected chi connectivity index (χ1v) is 6.82. The maximum Gasteiger partial charge on any atom is 0.300 e. The lowest BCUT2D eigenvalue weighted by molar-refractivity contribution is 0.0922. The Morgan fingerprint density at radius 3 is 2.68 bits per heavy atom. The predicted molar refractivity (Wildman–Crippen MR) is 72.9 cm³/mol. The molecule has 0 bridgehead atoms. The van der Waals surface area contributed by atoms with E-state index >= 15 is 0 Å². The Morgan fingerprint density at radius 1 is 1.32 bits per heavy atom. The Balaban J connectivity index is 1.94. The minimum absolute atomic E-state index is 0.166. The molecule has 1 aromatic heterocycles. The molecule has 0 aliphatic rings. The number of hydrazine groups is 1. The molecule has 2 rings (SSSR count). The number of rotatable bonds is 5. The van der Waals surface area contributed by atoms with Gasteiger partial charge in [0.2, 0.25) is 0 Å². The van der Waals surface area contributed by atoms with Crippen LogP contribution in [0.4, 0.5) is 0 Å². The SMILES string of the molecule is CSc1ccc(OCc2ccc(C(=O)NN)o2)cc1. The largest absolute Gasteiger partial charge is 0.486 e. The van der Waals surface area contributed by atoms with Gasteiger partial charge in [0.25, 0.3) is 0 Å². The summed E-state index contributed by atoms with van der Waals surface area (Å²) in [5, 5.41) is 0. The van der Waals surface area contributed by atoms with Crippen LogP contribution in [0.15, 0.2) is 45.7 Å². The van der Waals surface area contributed by atoms with Gasteiger partial charge in [0.05, 0.1) is 0 Å². The van der Waals surface area contributed by atoms with Crippen LogP contribution in [-0.2, 0) is 6.61 Å². The van der Waals surface area contributed by atoms with Crippen molar-refractivity contribution in [1.82, 2.24) is 5.43 Å². The summed E-state index contributed by atoms with van der Waals surface area (Å²) in [5.41, 5.74) is 2.01. The van der Waals surface area contributed by atoms with E-state index in [0.29, 0.717) is 5.76 Å².